The van der Waals surface area contributed by atoms with Crippen molar-refractivity contribution in [2.45, 2.75) is 50.7 Å². The van der Waals surface area contributed by atoms with E-state index < -0.39 is 0 Å². The normalized spacial score (nSPS) is 19.7. The Morgan fingerprint density at radius 2 is 1.86 bits per heavy atom. The van der Waals surface area contributed by atoms with E-state index in [1.165, 1.54) is 12.8 Å². The van der Waals surface area contributed by atoms with Crippen LogP contribution < -0.4 is 20.9 Å². The number of benzene rings is 2. The molecule has 2 aromatic carbocycles. The standard InChI is InChI=1S/C23H29N3O3/c1-28-21-9-7-15(10-22(21)29-19-4-2-3-5-19)17-11-23(27)26(14-17)13-16-6-8-18(24)12-20(16)25/h6-10,12,17,19H,2-5,11,13-14,24-25H2,1H3/t17-/m0/s1. The van der Waals surface area contributed by atoms with Gasteiger partial charge in [0.05, 0.1) is 13.2 Å². The van der Waals surface area contributed by atoms with Gasteiger partial charge < -0.3 is 25.8 Å². The van der Waals surface area contributed by atoms with Gasteiger partial charge in [-0.15, -0.1) is 0 Å². The van der Waals surface area contributed by atoms with Crippen molar-refractivity contribution >= 4 is 17.3 Å². The first kappa shape index (κ1) is 19.4. The van der Waals surface area contributed by atoms with Gasteiger partial charge in [-0.3, -0.25) is 4.79 Å². The predicted molar refractivity (Wildman–Crippen MR) is 114 cm³/mol. The third kappa shape index (κ3) is 4.26. The van der Waals surface area contributed by atoms with Crippen molar-refractivity contribution in [3.63, 3.8) is 0 Å². The second-order valence-corrected chi connectivity index (χ2v) is 8.07. The molecular weight excluding hydrogens is 366 g/mol. The summed E-state index contributed by atoms with van der Waals surface area (Å²) in [7, 11) is 1.66. The van der Waals surface area contributed by atoms with E-state index in [9.17, 15) is 4.79 Å². The topological polar surface area (TPSA) is 90.8 Å². The zero-order valence-corrected chi connectivity index (χ0v) is 16.9. The van der Waals surface area contributed by atoms with Gasteiger partial charge in [-0.1, -0.05) is 12.1 Å². The minimum absolute atomic E-state index is 0.134. The van der Waals surface area contributed by atoms with E-state index in [-0.39, 0.29) is 17.9 Å². The van der Waals surface area contributed by atoms with Crippen molar-refractivity contribution in [1.82, 2.24) is 4.90 Å². The molecule has 2 aliphatic rings. The summed E-state index contributed by atoms with van der Waals surface area (Å²) in [5, 5.41) is 0. The molecule has 154 valence electrons. The van der Waals surface area contributed by atoms with E-state index in [1.807, 2.05) is 29.2 Å². The lowest BCUT2D eigenvalue weighted by Gasteiger charge is -2.20. The van der Waals surface area contributed by atoms with Crippen molar-refractivity contribution < 1.29 is 14.3 Å². The Balaban J connectivity index is 1.49. The maximum absolute atomic E-state index is 12.6. The third-order valence-electron chi connectivity index (χ3n) is 6.00. The molecule has 4 rings (SSSR count). The number of ether oxygens (including phenoxy) is 2. The van der Waals surface area contributed by atoms with Gasteiger partial charge >= 0.3 is 0 Å². The Morgan fingerprint density at radius 3 is 2.59 bits per heavy atom. The van der Waals surface area contributed by atoms with Gasteiger partial charge in [0.2, 0.25) is 5.91 Å². The Bertz CT molecular complexity index is 893. The van der Waals surface area contributed by atoms with Crippen LogP contribution in [0.2, 0.25) is 0 Å². The molecule has 1 heterocycles. The fraction of sp³-hybridized carbons (Fsp3) is 0.435. The molecule has 6 nitrogen and oxygen atoms in total. The summed E-state index contributed by atoms with van der Waals surface area (Å²) in [5.74, 6) is 1.80. The van der Waals surface area contributed by atoms with Crippen LogP contribution in [-0.2, 0) is 11.3 Å². The van der Waals surface area contributed by atoms with E-state index in [2.05, 4.69) is 6.07 Å². The largest absolute Gasteiger partial charge is 0.493 e. The van der Waals surface area contributed by atoms with Crippen LogP contribution >= 0.6 is 0 Å². The lowest BCUT2D eigenvalue weighted by atomic mass is 9.98. The maximum Gasteiger partial charge on any atom is 0.223 e. The number of nitrogens with zero attached hydrogens (tertiary/aromatic N) is 1. The Labute approximate surface area is 171 Å². The number of anilines is 2. The van der Waals surface area contributed by atoms with Crippen LogP contribution in [0.25, 0.3) is 0 Å². The average Bonchev–Trinajstić information content (AvgIpc) is 3.34. The summed E-state index contributed by atoms with van der Waals surface area (Å²) >= 11 is 0. The molecule has 0 radical (unpaired) electrons. The SMILES string of the molecule is COc1ccc([C@H]2CC(=O)N(Cc3ccc(N)cc3N)C2)cc1OC1CCCC1. The van der Waals surface area contributed by atoms with E-state index in [0.717, 1.165) is 35.5 Å². The number of carbonyl (C=O) groups excluding carboxylic acids is 1. The van der Waals surface area contributed by atoms with Crippen LogP contribution in [-0.4, -0.2) is 30.6 Å². The summed E-state index contributed by atoms with van der Waals surface area (Å²) < 4.78 is 11.7. The third-order valence-corrected chi connectivity index (χ3v) is 6.00. The fourth-order valence-corrected chi connectivity index (χ4v) is 4.34. The molecule has 1 aliphatic carbocycles. The van der Waals surface area contributed by atoms with E-state index in [4.69, 9.17) is 20.9 Å². The van der Waals surface area contributed by atoms with E-state index >= 15 is 0 Å². The van der Waals surface area contributed by atoms with Crippen LogP contribution in [0.3, 0.4) is 0 Å². The van der Waals surface area contributed by atoms with Gasteiger partial charge in [-0.25, -0.2) is 0 Å². The zero-order valence-electron chi connectivity index (χ0n) is 16.9. The summed E-state index contributed by atoms with van der Waals surface area (Å²) in [6.07, 6.45) is 5.36. The van der Waals surface area contributed by atoms with Crippen LogP contribution in [0.4, 0.5) is 11.4 Å². The van der Waals surface area contributed by atoms with Gasteiger partial charge in [0.15, 0.2) is 11.5 Å². The Kier molecular flexibility index (Phi) is 5.51. The minimum Gasteiger partial charge on any atom is -0.493 e. The quantitative estimate of drug-likeness (QED) is 0.728. The first-order chi connectivity index (χ1) is 14.0. The number of methoxy groups -OCH3 is 1. The first-order valence-corrected chi connectivity index (χ1v) is 10.3. The van der Waals surface area contributed by atoms with Crippen molar-refractivity contribution in [2.24, 2.45) is 0 Å². The predicted octanol–water partition coefficient (Wildman–Crippen LogP) is 3.70. The number of nitrogen functional groups attached to an aromatic ring is 2. The lowest BCUT2D eigenvalue weighted by molar-refractivity contribution is -0.128. The molecule has 0 aromatic heterocycles. The van der Waals surface area contributed by atoms with Crippen LogP contribution in [0.5, 0.6) is 11.5 Å². The highest BCUT2D eigenvalue weighted by atomic mass is 16.5. The second-order valence-electron chi connectivity index (χ2n) is 8.07. The van der Waals surface area contributed by atoms with Gasteiger partial charge in [0.1, 0.15) is 0 Å². The number of rotatable bonds is 6. The molecule has 4 N–H and O–H groups in total. The maximum atomic E-state index is 12.6. The van der Waals surface area contributed by atoms with Gasteiger partial charge in [-0.05, 0) is 61.1 Å². The monoisotopic (exact) mass is 395 g/mol. The van der Waals surface area contributed by atoms with Gasteiger partial charge in [-0.2, -0.15) is 0 Å². The lowest BCUT2D eigenvalue weighted by Crippen LogP contribution is -2.25. The van der Waals surface area contributed by atoms with E-state index in [1.54, 1.807) is 13.2 Å². The van der Waals surface area contributed by atoms with E-state index in [0.29, 0.717) is 30.9 Å². The number of hydrogen-bond donors (Lipinski definition) is 2. The fourth-order valence-electron chi connectivity index (χ4n) is 4.34. The number of likely N-dealkylation sites (tertiary alicyclic amines) is 1. The molecule has 0 unspecified atom stereocenters. The molecular formula is C23H29N3O3. The molecule has 1 saturated heterocycles. The molecule has 2 fully saturated rings. The first-order valence-electron chi connectivity index (χ1n) is 10.3. The van der Waals surface area contributed by atoms with Gasteiger partial charge in [0.25, 0.3) is 0 Å². The van der Waals surface area contributed by atoms with Crippen LogP contribution in [0.1, 0.15) is 49.1 Å². The van der Waals surface area contributed by atoms with Crippen LogP contribution in [0.15, 0.2) is 36.4 Å². The number of nitrogens with two attached hydrogens (primary N) is 2. The molecule has 0 spiro atoms. The molecule has 1 amide bonds. The Morgan fingerprint density at radius 1 is 1.07 bits per heavy atom. The molecule has 2 aromatic rings. The average molecular weight is 396 g/mol. The number of amides is 1. The smallest absolute Gasteiger partial charge is 0.223 e. The van der Waals surface area contributed by atoms with Crippen molar-refractivity contribution in [3.8, 4) is 11.5 Å². The second kappa shape index (κ2) is 8.23. The summed E-state index contributed by atoms with van der Waals surface area (Å²) in [6, 6.07) is 11.5. The van der Waals surface area contributed by atoms with Crippen LogP contribution in [0, 0.1) is 0 Å². The van der Waals surface area contributed by atoms with Crippen molar-refractivity contribution in [1.29, 1.82) is 0 Å². The molecule has 6 heteroatoms. The molecule has 1 aliphatic heterocycles. The minimum atomic E-state index is 0.134. The number of hydrogen-bond acceptors (Lipinski definition) is 5. The Hall–Kier alpha value is -2.89. The van der Waals surface area contributed by atoms with Gasteiger partial charge in [0, 0.05) is 36.8 Å². The highest BCUT2D eigenvalue weighted by molar-refractivity contribution is 5.80. The van der Waals surface area contributed by atoms with Crippen molar-refractivity contribution in [2.75, 3.05) is 25.1 Å². The summed E-state index contributed by atoms with van der Waals surface area (Å²) in [5.41, 5.74) is 15.1. The zero-order chi connectivity index (χ0) is 20.4. The number of carbonyl (C=O) groups is 1. The highest BCUT2D eigenvalue weighted by Crippen LogP contribution is 2.37. The summed E-state index contributed by atoms with van der Waals surface area (Å²) in [6.45, 7) is 1.17. The van der Waals surface area contributed by atoms with Crippen molar-refractivity contribution in [3.05, 3.63) is 47.5 Å². The molecule has 29 heavy (non-hydrogen) atoms. The highest BCUT2D eigenvalue weighted by Gasteiger charge is 2.31. The molecule has 1 saturated carbocycles. The summed E-state index contributed by atoms with van der Waals surface area (Å²) in [4.78, 5) is 14.5. The molecule has 1 atom stereocenters. The molecule has 0 bridgehead atoms.